The van der Waals surface area contributed by atoms with Gasteiger partial charge in [0.1, 0.15) is 11.5 Å². The first kappa shape index (κ1) is 26.2. The second-order valence-electron chi connectivity index (χ2n) is 8.50. The number of rotatable bonds is 9. The maximum atomic E-state index is 14.2. The van der Waals surface area contributed by atoms with Gasteiger partial charge in [0.25, 0.3) is 11.8 Å². The lowest BCUT2D eigenvalue weighted by atomic mass is 10.1. The van der Waals surface area contributed by atoms with E-state index < -0.39 is 11.7 Å². The van der Waals surface area contributed by atoms with Crippen LogP contribution in [0.2, 0.25) is 0 Å². The zero-order valence-electron chi connectivity index (χ0n) is 20.5. The first-order chi connectivity index (χ1) is 16.6. The van der Waals surface area contributed by atoms with Gasteiger partial charge in [-0.15, -0.1) is 0 Å². The van der Waals surface area contributed by atoms with Crippen LogP contribution in [0.25, 0.3) is 6.08 Å². The van der Waals surface area contributed by atoms with Gasteiger partial charge in [0, 0.05) is 12.1 Å². The minimum Gasteiger partial charge on any atom is -0.490 e. The van der Waals surface area contributed by atoms with Crippen LogP contribution in [0.4, 0.5) is 10.1 Å². The zero-order chi connectivity index (χ0) is 25.7. The molecule has 0 aliphatic carbocycles. The lowest BCUT2D eigenvalue weighted by Crippen LogP contribution is -2.44. The molecule has 0 unspecified atom stereocenters. The molecule has 0 saturated carbocycles. The molecule has 1 heterocycles. The van der Waals surface area contributed by atoms with E-state index in [0.29, 0.717) is 23.7 Å². The molecule has 35 heavy (non-hydrogen) atoms. The summed E-state index contributed by atoms with van der Waals surface area (Å²) in [6.45, 7) is 9.95. The molecule has 1 fully saturated rings. The number of ether oxygens (including phenoxy) is 2. The molecule has 186 valence electrons. The van der Waals surface area contributed by atoms with Crippen molar-refractivity contribution in [3.63, 3.8) is 0 Å². The molecule has 1 aliphatic heterocycles. The number of para-hydroxylation sites is 1. The zero-order valence-corrected chi connectivity index (χ0v) is 21.3. The Morgan fingerprint density at radius 3 is 2.43 bits per heavy atom. The summed E-state index contributed by atoms with van der Waals surface area (Å²) >= 11 is 5.26. The third kappa shape index (κ3) is 5.97. The second kappa shape index (κ2) is 11.3. The molecule has 0 spiro atoms. The highest BCUT2D eigenvalue weighted by molar-refractivity contribution is 7.80. The number of carbonyl (C=O) groups is 2. The highest BCUT2D eigenvalue weighted by Crippen LogP contribution is 2.31. The van der Waals surface area contributed by atoms with E-state index in [1.807, 2.05) is 34.6 Å². The van der Waals surface area contributed by atoms with E-state index in [1.165, 1.54) is 12.1 Å². The number of halogens is 1. The van der Waals surface area contributed by atoms with Crippen LogP contribution >= 0.6 is 12.2 Å². The van der Waals surface area contributed by atoms with Gasteiger partial charge in [-0.05, 0) is 82.7 Å². The van der Waals surface area contributed by atoms with Gasteiger partial charge >= 0.3 is 0 Å². The topological polar surface area (TPSA) is 71.1 Å². The molecule has 0 radical (unpaired) electrons. The number of benzene rings is 2. The largest absolute Gasteiger partial charge is 0.490 e. The van der Waals surface area contributed by atoms with Gasteiger partial charge in [-0.3, -0.25) is 9.59 Å². The molecule has 3 rings (SSSR count). The van der Waals surface area contributed by atoms with Crippen molar-refractivity contribution < 1.29 is 23.5 Å². The van der Waals surface area contributed by atoms with Gasteiger partial charge in [-0.25, -0.2) is 9.29 Å². The fraction of sp³-hybridized carbons (Fsp3) is 0.346. The maximum absolute atomic E-state index is 14.2. The Kier molecular flexibility index (Phi) is 8.45. The van der Waals surface area contributed by atoms with E-state index in [9.17, 15) is 14.0 Å². The van der Waals surface area contributed by atoms with Crippen molar-refractivity contribution in [2.75, 3.05) is 18.1 Å². The molecular formula is C26H30FN3O4S. The van der Waals surface area contributed by atoms with E-state index in [0.717, 1.165) is 4.90 Å². The molecule has 2 aromatic carbocycles. The molecule has 2 aromatic rings. The Morgan fingerprint density at radius 1 is 1.11 bits per heavy atom. The van der Waals surface area contributed by atoms with Gasteiger partial charge in [0.2, 0.25) is 0 Å². The maximum Gasteiger partial charge on any atom is 0.281 e. The molecule has 9 heteroatoms. The summed E-state index contributed by atoms with van der Waals surface area (Å²) in [7, 11) is 0. The van der Waals surface area contributed by atoms with Crippen molar-refractivity contribution >= 4 is 40.9 Å². The number of hydrogen-bond donors (Lipinski definition) is 1. The molecule has 0 atom stereocenters. The summed E-state index contributed by atoms with van der Waals surface area (Å²) in [6, 6.07) is 11.2. The van der Waals surface area contributed by atoms with Gasteiger partial charge in [0.05, 0.1) is 12.3 Å². The first-order valence-corrected chi connectivity index (χ1v) is 11.9. The van der Waals surface area contributed by atoms with Gasteiger partial charge in [-0.2, -0.15) is 0 Å². The van der Waals surface area contributed by atoms with E-state index >= 15 is 0 Å². The number of amides is 2. The van der Waals surface area contributed by atoms with Crippen LogP contribution in [0.5, 0.6) is 11.5 Å². The minimum atomic E-state index is -0.547. The van der Waals surface area contributed by atoms with Crippen LogP contribution in [0.3, 0.4) is 0 Å². The number of carbonyl (C=O) groups excluding carboxylic acids is 2. The lowest BCUT2D eigenvalue weighted by Gasteiger charge is -2.30. The summed E-state index contributed by atoms with van der Waals surface area (Å²) in [5, 5.41) is 2.94. The van der Waals surface area contributed by atoms with E-state index in [2.05, 4.69) is 5.32 Å². The number of nitrogens with one attached hydrogen (secondary N) is 1. The van der Waals surface area contributed by atoms with Crippen molar-refractivity contribution in [2.24, 2.45) is 0 Å². The van der Waals surface area contributed by atoms with Crippen LogP contribution in [0, 0.1) is 5.82 Å². The van der Waals surface area contributed by atoms with E-state index in [1.54, 1.807) is 41.3 Å². The number of anilines is 1. The Morgan fingerprint density at radius 2 is 1.80 bits per heavy atom. The van der Waals surface area contributed by atoms with Crippen LogP contribution in [-0.4, -0.2) is 47.1 Å². The first-order valence-electron chi connectivity index (χ1n) is 11.5. The summed E-state index contributed by atoms with van der Waals surface area (Å²) in [5.74, 6) is -0.273. The van der Waals surface area contributed by atoms with Gasteiger partial charge in [-0.1, -0.05) is 18.2 Å². The Bertz CT molecular complexity index is 1140. The van der Waals surface area contributed by atoms with Gasteiger partial charge < -0.3 is 19.7 Å². The SMILES string of the molecule is CCOc1cc(/C=C2\NC(=S)N(c3ccccc3F)C2=O)ccc1OCC(=O)N(C(C)C)C(C)C. The quantitative estimate of drug-likeness (QED) is 0.404. The summed E-state index contributed by atoms with van der Waals surface area (Å²) in [5.41, 5.74) is 0.930. The average Bonchev–Trinajstić information content (AvgIpc) is 3.06. The van der Waals surface area contributed by atoms with Crippen LogP contribution in [0.15, 0.2) is 48.2 Å². The fourth-order valence-corrected chi connectivity index (χ4v) is 4.23. The number of nitrogens with zero attached hydrogens (tertiary/aromatic N) is 2. The highest BCUT2D eigenvalue weighted by Gasteiger charge is 2.33. The van der Waals surface area contributed by atoms with E-state index in [-0.39, 0.29) is 41.1 Å². The van der Waals surface area contributed by atoms with Crippen LogP contribution in [0.1, 0.15) is 40.2 Å². The fourth-order valence-electron chi connectivity index (χ4n) is 3.94. The minimum absolute atomic E-state index is 0.0536. The Balaban J connectivity index is 1.81. The lowest BCUT2D eigenvalue weighted by molar-refractivity contribution is -0.137. The summed E-state index contributed by atoms with van der Waals surface area (Å²) < 4.78 is 25.7. The summed E-state index contributed by atoms with van der Waals surface area (Å²) in [4.78, 5) is 28.5. The average molecular weight is 500 g/mol. The smallest absolute Gasteiger partial charge is 0.281 e. The van der Waals surface area contributed by atoms with Crippen molar-refractivity contribution in [3.8, 4) is 11.5 Å². The molecule has 1 saturated heterocycles. The predicted molar refractivity (Wildman–Crippen MR) is 138 cm³/mol. The highest BCUT2D eigenvalue weighted by atomic mass is 32.1. The third-order valence-corrected chi connectivity index (χ3v) is 5.59. The molecule has 0 aromatic heterocycles. The Labute approximate surface area is 210 Å². The van der Waals surface area contributed by atoms with Crippen molar-refractivity contribution in [1.82, 2.24) is 10.2 Å². The van der Waals surface area contributed by atoms with Crippen LogP contribution in [-0.2, 0) is 9.59 Å². The molecular weight excluding hydrogens is 469 g/mol. The summed E-state index contributed by atoms with van der Waals surface area (Å²) in [6.07, 6.45) is 1.60. The van der Waals surface area contributed by atoms with Crippen molar-refractivity contribution in [1.29, 1.82) is 0 Å². The van der Waals surface area contributed by atoms with Crippen molar-refractivity contribution in [3.05, 3.63) is 59.5 Å². The second-order valence-corrected chi connectivity index (χ2v) is 8.88. The predicted octanol–water partition coefficient (Wildman–Crippen LogP) is 4.51. The third-order valence-electron chi connectivity index (χ3n) is 5.30. The normalized spacial score (nSPS) is 14.6. The standard InChI is InChI=1S/C26H30FN3O4S/c1-6-33-23-14-18(11-12-22(23)34-15-24(31)29(16(2)3)17(4)5)13-20-25(32)30(26(35)28-20)21-10-8-7-9-19(21)27/h7-14,16-17H,6,15H2,1-5H3,(H,28,35)/b20-13-. The number of hydrogen-bond acceptors (Lipinski definition) is 5. The van der Waals surface area contributed by atoms with E-state index in [4.69, 9.17) is 21.7 Å². The van der Waals surface area contributed by atoms with Crippen LogP contribution < -0.4 is 19.7 Å². The molecule has 7 nitrogen and oxygen atoms in total. The molecule has 2 amide bonds. The van der Waals surface area contributed by atoms with Gasteiger partial charge in [0.15, 0.2) is 23.2 Å². The Hall–Kier alpha value is -3.46. The molecule has 1 N–H and O–H groups in total. The molecule has 0 bridgehead atoms. The number of thiocarbonyl (C=S) groups is 1. The molecule has 1 aliphatic rings. The monoisotopic (exact) mass is 499 g/mol. The van der Waals surface area contributed by atoms with Crippen molar-refractivity contribution in [2.45, 2.75) is 46.7 Å².